The molecule has 3 nitrogen and oxygen atoms in total. The molecule has 0 radical (unpaired) electrons. The van der Waals surface area contributed by atoms with Crippen LogP contribution in [0.3, 0.4) is 0 Å². The highest BCUT2D eigenvalue weighted by Crippen LogP contribution is 2.39. The molecule has 0 aromatic carbocycles. The van der Waals surface area contributed by atoms with E-state index in [0.29, 0.717) is 5.41 Å². The SMILES string of the molecule is CCC1(CC)CCN(c2ncccc2CNC(C)(C)C)C1. The summed E-state index contributed by atoms with van der Waals surface area (Å²) in [6, 6.07) is 4.26. The zero-order chi connectivity index (χ0) is 15.5. The van der Waals surface area contributed by atoms with Crippen molar-refractivity contribution in [3.05, 3.63) is 23.9 Å². The van der Waals surface area contributed by atoms with E-state index in [2.05, 4.69) is 55.9 Å². The molecule has 0 bridgehead atoms. The van der Waals surface area contributed by atoms with E-state index in [9.17, 15) is 0 Å². The van der Waals surface area contributed by atoms with Crippen molar-refractivity contribution in [2.45, 2.75) is 66.0 Å². The van der Waals surface area contributed by atoms with Gasteiger partial charge in [0.1, 0.15) is 5.82 Å². The van der Waals surface area contributed by atoms with Crippen molar-refractivity contribution < 1.29 is 0 Å². The van der Waals surface area contributed by atoms with E-state index in [0.717, 1.165) is 19.6 Å². The van der Waals surface area contributed by atoms with Gasteiger partial charge < -0.3 is 10.2 Å². The normalized spacial score (nSPS) is 18.2. The summed E-state index contributed by atoms with van der Waals surface area (Å²) in [4.78, 5) is 7.17. The average Bonchev–Trinajstić information content (AvgIpc) is 2.90. The number of rotatable bonds is 5. The Bertz CT molecular complexity index is 458. The molecule has 0 unspecified atom stereocenters. The van der Waals surface area contributed by atoms with Gasteiger partial charge in [0.15, 0.2) is 0 Å². The smallest absolute Gasteiger partial charge is 0.133 e. The lowest BCUT2D eigenvalue weighted by atomic mass is 9.82. The summed E-state index contributed by atoms with van der Waals surface area (Å²) in [5.41, 5.74) is 1.94. The van der Waals surface area contributed by atoms with E-state index < -0.39 is 0 Å². The summed E-state index contributed by atoms with van der Waals surface area (Å²) in [7, 11) is 0. The van der Waals surface area contributed by atoms with Crippen LogP contribution in [0.15, 0.2) is 18.3 Å². The zero-order valence-electron chi connectivity index (χ0n) is 14.4. The second kappa shape index (κ2) is 6.35. The van der Waals surface area contributed by atoms with E-state index in [1.54, 1.807) is 0 Å². The monoisotopic (exact) mass is 289 g/mol. The van der Waals surface area contributed by atoms with Crippen LogP contribution in [0.25, 0.3) is 0 Å². The Hall–Kier alpha value is -1.09. The van der Waals surface area contributed by atoms with Gasteiger partial charge in [-0.2, -0.15) is 0 Å². The summed E-state index contributed by atoms with van der Waals surface area (Å²) in [6.45, 7) is 14.4. The Morgan fingerprint density at radius 3 is 2.57 bits per heavy atom. The number of hydrogen-bond acceptors (Lipinski definition) is 3. The van der Waals surface area contributed by atoms with Crippen LogP contribution in [0.4, 0.5) is 5.82 Å². The van der Waals surface area contributed by atoms with Gasteiger partial charge >= 0.3 is 0 Å². The van der Waals surface area contributed by atoms with Crippen LogP contribution in [0, 0.1) is 5.41 Å². The third-order valence-corrected chi connectivity index (χ3v) is 4.91. The van der Waals surface area contributed by atoms with Crippen molar-refractivity contribution in [1.29, 1.82) is 0 Å². The Kier molecular flexibility index (Phi) is 4.92. The molecule has 1 aromatic rings. The molecular formula is C18H31N3. The number of pyridine rings is 1. The van der Waals surface area contributed by atoms with Crippen LogP contribution in [0.5, 0.6) is 0 Å². The number of aromatic nitrogens is 1. The first kappa shape index (κ1) is 16.3. The first-order chi connectivity index (χ1) is 9.89. The number of anilines is 1. The summed E-state index contributed by atoms with van der Waals surface area (Å²) in [6.07, 6.45) is 5.75. The second-order valence-electron chi connectivity index (χ2n) is 7.47. The van der Waals surface area contributed by atoms with Gasteiger partial charge in [-0.25, -0.2) is 4.98 Å². The summed E-state index contributed by atoms with van der Waals surface area (Å²) < 4.78 is 0. The van der Waals surface area contributed by atoms with Gasteiger partial charge in [0.2, 0.25) is 0 Å². The van der Waals surface area contributed by atoms with E-state index >= 15 is 0 Å². The fourth-order valence-corrected chi connectivity index (χ4v) is 3.16. The Labute approximate surface area is 130 Å². The summed E-state index contributed by atoms with van der Waals surface area (Å²) >= 11 is 0. The largest absolute Gasteiger partial charge is 0.356 e. The molecule has 0 saturated carbocycles. The minimum atomic E-state index is 0.134. The lowest BCUT2D eigenvalue weighted by Gasteiger charge is -2.28. The molecular weight excluding hydrogens is 258 g/mol. The standard InChI is InChI=1S/C18H31N3/c1-6-18(7-2)10-12-21(14-18)16-15(9-8-11-19-16)13-20-17(3,4)5/h8-9,11,20H,6-7,10,12-14H2,1-5H3. The van der Waals surface area contributed by atoms with Crippen molar-refractivity contribution in [2.24, 2.45) is 5.41 Å². The fourth-order valence-electron chi connectivity index (χ4n) is 3.16. The van der Waals surface area contributed by atoms with Crippen LogP contribution in [-0.4, -0.2) is 23.6 Å². The lowest BCUT2D eigenvalue weighted by molar-refractivity contribution is 0.301. The first-order valence-corrected chi connectivity index (χ1v) is 8.33. The molecule has 1 fully saturated rings. The maximum Gasteiger partial charge on any atom is 0.133 e. The fraction of sp³-hybridized carbons (Fsp3) is 0.722. The summed E-state index contributed by atoms with van der Waals surface area (Å²) in [5.74, 6) is 1.18. The highest BCUT2D eigenvalue weighted by molar-refractivity contribution is 5.48. The van der Waals surface area contributed by atoms with E-state index in [-0.39, 0.29) is 5.54 Å². The minimum absolute atomic E-state index is 0.134. The van der Waals surface area contributed by atoms with Gasteiger partial charge in [0.05, 0.1) is 0 Å². The van der Waals surface area contributed by atoms with Gasteiger partial charge in [-0.15, -0.1) is 0 Å². The Balaban J connectivity index is 2.14. The molecule has 21 heavy (non-hydrogen) atoms. The molecule has 1 aliphatic heterocycles. The highest BCUT2D eigenvalue weighted by atomic mass is 15.2. The third-order valence-electron chi connectivity index (χ3n) is 4.91. The Morgan fingerprint density at radius 2 is 2.00 bits per heavy atom. The summed E-state index contributed by atoms with van der Waals surface area (Å²) in [5, 5.41) is 3.58. The van der Waals surface area contributed by atoms with Crippen molar-refractivity contribution in [1.82, 2.24) is 10.3 Å². The van der Waals surface area contributed by atoms with Crippen LogP contribution in [0.1, 0.15) is 59.4 Å². The van der Waals surface area contributed by atoms with E-state index in [1.165, 1.54) is 30.6 Å². The highest BCUT2D eigenvalue weighted by Gasteiger charge is 2.36. The minimum Gasteiger partial charge on any atom is -0.356 e. The van der Waals surface area contributed by atoms with Crippen LogP contribution in [0.2, 0.25) is 0 Å². The molecule has 2 rings (SSSR count). The molecule has 3 heteroatoms. The van der Waals surface area contributed by atoms with Crippen LogP contribution < -0.4 is 10.2 Å². The molecule has 0 atom stereocenters. The molecule has 118 valence electrons. The third kappa shape index (κ3) is 3.97. The van der Waals surface area contributed by atoms with E-state index in [4.69, 9.17) is 0 Å². The maximum absolute atomic E-state index is 4.68. The molecule has 0 aliphatic carbocycles. The van der Waals surface area contributed by atoms with Crippen LogP contribution in [-0.2, 0) is 6.54 Å². The van der Waals surface area contributed by atoms with Gasteiger partial charge in [-0.3, -0.25) is 0 Å². The van der Waals surface area contributed by atoms with Crippen molar-refractivity contribution >= 4 is 5.82 Å². The molecule has 0 spiro atoms. The van der Waals surface area contributed by atoms with E-state index in [1.807, 2.05) is 12.3 Å². The number of nitrogens with zero attached hydrogens (tertiary/aromatic N) is 2. The lowest BCUT2D eigenvalue weighted by Crippen LogP contribution is -2.36. The van der Waals surface area contributed by atoms with Crippen LogP contribution >= 0.6 is 0 Å². The Morgan fingerprint density at radius 1 is 1.29 bits per heavy atom. The zero-order valence-corrected chi connectivity index (χ0v) is 14.4. The van der Waals surface area contributed by atoms with Gasteiger partial charge in [-0.1, -0.05) is 19.9 Å². The number of nitrogens with one attached hydrogen (secondary N) is 1. The molecule has 1 aromatic heterocycles. The van der Waals surface area contributed by atoms with Crippen molar-refractivity contribution in [2.75, 3.05) is 18.0 Å². The quantitative estimate of drug-likeness (QED) is 0.888. The number of hydrogen-bond donors (Lipinski definition) is 1. The molecule has 2 heterocycles. The van der Waals surface area contributed by atoms with Gasteiger partial charge in [-0.05, 0) is 51.5 Å². The molecule has 1 N–H and O–H groups in total. The van der Waals surface area contributed by atoms with Gasteiger partial charge in [0.25, 0.3) is 0 Å². The molecule has 0 amide bonds. The average molecular weight is 289 g/mol. The maximum atomic E-state index is 4.68. The predicted octanol–water partition coefficient (Wildman–Crippen LogP) is 3.99. The molecule has 1 saturated heterocycles. The first-order valence-electron chi connectivity index (χ1n) is 8.33. The van der Waals surface area contributed by atoms with Crippen molar-refractivity contribution in [3.8, 4) is 0 Å². The van der Waals surface area contributed by atoms with Crippen molar-refractivity contribution in [3.63, 3.8) is 0 Å². The topological polar surface area (TPSA) is 28.2 Å². The predicted molar refractivity (Wildman–Crippen MR) is 90.7 cm³/mol. The van der Waals surface area contributed by atoms with Gasteiger partial charge in [0, 0.05) is 36.9 Å². The molecule has 1 aliphatic rings. The second-order valence-corrected chi connectivity index (χ2v) is 7.47.